The van der Waals surface area contributed by atoms with Gasteiger partial charge in [0.05, 0.1) is 17.0 Å². The van der Waals surface area contributed by atoms with Gasteiger partial charge in [0.1, 0.15) is 0 Å². The van der Waals surface area contributed by atoms with Crippen LogP contribution in [0.25, 0.3) is 11.3 Å². The molecule has 36 heavy (non-hydrogen) atoms. The van der Waals surface area contributed by atoms with Crippen molar-refractivity contribution < 1.29 is 23.5 Å². The van der Waals surface area contributed by atoms with E-state index in [1.807, 2.05) is 31.2 Å². The van der Waals surface area contributed by atoms with Gasteiger partial charge in [-0.25, -0.2) is 13.6 Å². The predicted octanol–water partition coefficient (Wildman–Crippen LogP) is 4.80. The summed E-state index contributed by atoms with van der Waals surface area (Å²) in [5.74, 6) is -2.11. The number of carboxylic acid groups (broad SMARTS) is 1. The van der Waals surface area contributed by atoms with Crippen molar-refractivity contribution in [1.29, 1.82) is 0 Å². The second-order valence-corrected chi connectivity index (χ2v) is 9.05. The zero-order valence-electron chi connectivity index (χ0n) is 20.4. The van der Waals surface area contributed by atoms with Crippen molar-refractivity contribution in [1.82, 2.24) is 14.8 Å². The Morgan fingerprint density at radius 1 is 1.06 bits per heavy atom. The summed E-state index contributed by atoms with van der Waals surface area (Å²) in [6, 6.07) is 14.5. The van der Waals surface area contributed by atoms with Crippen LogP contribution >= 0.6 is 0 Å². The number of amides is 2. The molecule has 4 rings (SSSR count). The Bertz CT molecular complexity index is 1280. The van der Waals surface area contributed by atoms with Crippen LogP contribution in [-0.4, -0.2) is 64.6 Å². The van der Waals surface area contributed by atoms with Crippen molar-refractivity contribution in [2.75, 3.05) is 31.6 Å². The molecule has 2 aromatic carbocycles. The number of pyridine rings is 1. The Morgan fingerprint density at radius 3 is 2.39 bits per heavy atom. The Kier molecular flexibility index (Phi) is 7.30. The molecule has 1 saturated heterocycles. The fourth-order valence-corrected chi connectivity index (χ4v) is 4.45. The third-order valence-electron chi connectivity index (χ3n) is 6.52. The van der Waals surface area contributed by atoms with Crippen molar-refractivity contribution >= 4 is 17.7 Å². The van der Waals surface area contributed by atoms with E-state index in [1.165, 1.54) is 11.0 Å². The average Bonchev–Trinajstić information content (AvgIpc) is 2.85. The van der Waals surface area contributed by atoms with Crippen LogP contribution in [0.5, 0.6) is 0 Å². The molecule has 1 aliphatic rings. The molecule has 0 saturated carbocycles. The van der Waals surface area contributed by atoms with Gasteiger partial charge in [0.25, 0.3) is 5.91 Å². The number of halogens is 2. The molecule has 0 unspecified atom stereocenters. The highest BCUT2D eigenvalue weighted by molar-refractivity contribution is 6.06. The minimum atomic E-state index is -0.952. The Morgan fingerprint density at radius 2 is 1.78 bits per heavy atom. The molecule has 2 heterocycles. The quantitative estimate of drug-likeness (QED) is 0.552. The van der Waals surface area contributed by atoms with Gasteiger partial charge in [-0.2, -0.15) is 0 Å². The van der Waals surface area contributed by atoms with Gasteiger partial charge in [-0.15, -0.1) is 0 Å². The lowest BCUT2D eigenvalue weighted by Gasteiger charge is -2.38. The Labute approximate surface area is 208 Å². The second kappa shape index (κ2) is 10.4. The summed E-state index contributed by atoms with van der Waals surface area (Å²) in [5.41, 5.74) is 3.58. The number of hydrogen-bond donors (Lipinski definition) is 1. The Hall–Kier alpha value is -3.85. The molecule has 1 atom stereocenters. The van der Waals surface area contributed by atoms with E-state index < -0.39 is 17.7 Å². The number of aromatic nitrogens is 1. The van der Waals surface area contributed by atoms with E-state index in [2.05, 4.69) is 9.88 Å². The van der Waals surface area contributed by atoms with Gasteiger partial charge in [0.2, 0.25) is 0 Å². The van der Waals surface area contributed by atoms with E-state index in [0.717, 1.165) is 23.4 Å². The minimum Gasteiger partial charge on any atom is -0.465 e. The van der Waals surface area contributed by atoms with Crippen molar-refractivity contribution in [2.24, 2.45) is 0 Å². The fourth-order valence-electron chi connectivity index (χ4n) is 4.45. The molecule has 1 fully saturated rings. The van der Waals surface area contributed by atoms with Crippen LogP contribution in [0.4, 0.5) is 19.3 Å². The number of hydrogen-bond acceptors (Lipinski definition) is 4. The first-order chi connectivity index (χ1) is 17.1. The van der Waals surface area contributed by atoms with Crippen LogP contribution < -0.4 is 4.90 Å². The van der Waals surface area contributed by atoms with E-state index >= 15 is 0 Å². The summed E-state index contributed by atoms with van der Waals surface area (Å²) >= 11 is 0. The van der Waals surface area contributed by atoms with E-state index in [9.17, 15) is 23.5 Å². The van der Waals surface area contributed by atoms with E-state index in [-0.39, 0.29) is 11.9 Å². The number of benzene rings is 2. The molecule has 0 aliphatic carbocycles. The zero-order valence-corrected chi connectivity index (χ0v) is 20.4. The lowest BCUT2D eigenvalue weighted by molar-refractivity contribution is 0.0711. The molecular formula is C27H28F2N4O3. The number of anilines is 1. The highest BCUT2D eigenvalue weighted by Crippen LogP contribution is 2.24. The summed E-state index contributed by atoms with van der Waals surface area (Å²) in [6.07, 6.45) is -0.886. The third-order valence-corrected chi connectivity index (χ3v) is 6.52. The van der Waals surface area contributed by atoms with Crippen molar-refractivity contribution in [2.45, 2.75) is 26.4 Å². The average molecular weight is 495 g/mol. The summed E-state index contributed by atoms with van der Waals surface area (Å²) in [7, 11) is 1.69. The molecule has 188 valence electrons. The zero-order chi connectivity index (χ0) is 26.0. The van der Waals surface area contributed by atoms with Gasteiger partial charge in [0.15, 0.2) is 11.6 Å². The molecule has 0 spiro atoms. The SMILES string of the molecule is Cc1nc(-c2ccc(F)c(F)c2)ccc1C(=O)N(C)c1ccc(CN2CCN(C(=O)O)[C@@H](C)C2)cc1. The summed E-state index contributed by atoms with van der Waals surface area (Å²) in [4.78, 5) is 34.1. The highest BCUT2D eigenvalue weighted by atomic mass is 19.2. The second-order valence-electron chi connectivity index (χ2n) is 9.05. The number of carbonyl (C=O) groups excluding carboxylic acids is 1. The third kappa shape index (κ3) is 5.36. The maximum absolute atomic E-state index is 13.6. The van der Waals surface area contributed by atoms with Crippen LogP contribution in [0.3, 0.4) is 0 Å². The molecule has 1 N–H and O–H groups in total. The maximum atomic E-state index is 13.6. The topological polar surface area (TPSA) is 77.0 Å². The first-order valence-electron chi connectivity index (χ1n) is 11.7. The lowest BCUT2D eigenvalue weighted by atomic mass is 10.1. The van der Waals surface area contributed by atoms with Gasteiger partial charge in [-0.3, -0.25) is 14.7 Å². The van der Waals surface area contributed by atoms with Crippen LogP contribution in [-0.2, 0) is 6.54 Å². The monoisotopic (exact) mass is 494 g/mol. The van der Waals surface area contributed by atoms with Crippen LogP contribution in [0.2, 0.25) is 0 Å². The number of piperazine rings is 1. The molecule has 2 amide bonds. The molecule has 9 heteroatoms. The first kappa shape index (κ1) is 25.2. The molecule has 1 aromatic heterocycles. The summed E-state index contributed by atoms with van der Waals surface area (Å²) in [6.45, 7) is 6.13. The van der Waals surface area contributed by atoms with Gasteiger partial charge < -0.3 is 14.9 Å². The van der Waals surface area contributed by atoms with Gasteiger partial charge in [0, 0.05) is 50.5 Å². The molecule has 1 aliphatic heterocycles. The predicted molar refractivity (Wildman–Crippen MR) is 133 cm³/mol. The van der Waals surface area contributed by atoms with Gasteiger partial charge in [-0.1, -0.05) is 12.1 Å². The summed E-state index contributed by atoms with van der Waals surface area (Å²) in [5, 5.41) is 9.24. The van der Waals surface area contributed by atoms with E-state index in [4.69, 9.17) is 0 Å². The highest BCUT2D eigenvalue weighted by Gasteiger charge is 2.27. The molecule has 7 nitrogen and oxygen atoms in total. The van der Waals surface area contributed by atoms with Gasteiger partial charge in [-0.05, 0) is 61.9 Å². The fraction of sp³-hybridized carbons (Fsp3) is 0.296. The first-order valence-corrected chi connectivity index (χ1v) is 11.7. The number of aryl methyl sites for hydroxylation is 1. The van der Waals surface area contributed by atoms with Crippen molar-refractivity contribution in [3.05, 3.63) is 83.1 Å². The molecule has 3 aromatic rings. The van der Waals surface area contributed by atoms with E-state index in [0.29, 0.717) is 48.7 Å². The number of nitrogens with zero attached hydrogens (tertiary/aromatic N) is 4. The molecule has 0 bridgehead atoms. The van der Waals surface area contributed by atoms with Crippen LogP contribution in [0.1, 0.15) is 28.5 Å². The van der Waals surface area contributed by atoms with E-state index in [1.54, 1.807) is 31.0 Å². The minimum absolute atomic E-state index is 0.0652. The Balaban J connectivity index is 1.42. The number of carbonyl (C=O) groups is 2. The van der Waals surface area contributed by atoms with Crippen molar-refractivity contribution in [3.63, 3.8) is 0 Å². The number of rotatable bonds is 5. The lowest BCUT2D eigenvalue weighted by Crippen LogP contribution is -2.53. The van der Waals surface area contributed by atoms with Crippen LogP contribution in [0, 0.1) is 18.6 Å². The molecular weight excluding hydrogens is 466 g/mol. The normalized spacial score (nSPS) is 16.1. The molecule has 0 radical (unpaired) electrons. The van der Waals surface area contributed by atoms with Crippen molar-refractivity contribution in [3.8, 4) is 11.3 Å². The summed E-state index contributed by atoms with van der Waals surface area (Å²) < 4.78 is 26.8. The maximum Gasteiger partial charge on any atom is 0.407 e. The largest absolute Gasteiger partial charge is 0.465 e. The standard InChI is InChI=1S/C27H28F2N4O3/c1-17-15-32(12-13-33(17)27(35)36)16-19-4-7-21(8-5-19)31(3)26(34)22-9-11-25(30-18(22)2)20-6-10-23(28)24(29)14-20/h4-11,14,17H,12-13,15-16H2,1-3H3,(H,35,36)/t17-/m0/s1. The van der Waals surface area contributed by atoms with Gasteiger partial charge >= 0.3 is 6.09 Å². The van der Waals surface area contributed by atoms with Crippen LogP contribution in [0.15, 0.2) is 54.6 Å². The smallest absolute Gasteiger partial charge is 0.407 e.